The van der Waals surface area contributed by atoms with Gasteiger partial charge in [-0.05, 0) is 42.7 Å². The Kier molecular flexibility index (Phi) is 5.22. The van der Waals surface area contributed by atoms with Gasteiger partial charge in [0.25, 0.3) is 0 Å². The Hall–Kier alpha value is -2.15. The van der Waals surface area contributed by atoms with Crippen molar-refractivity contribution in [3.8, 4) is 0 Å². The lowest BCUT2D eigenvalue weighted by molar-refractivity contribution is -0.137. The highest BCUT2D eigenvalue weighted by molar-refractivity contribution is 5.40. The number of halogens is 4. The Morgan fingerprint density at radius 1 is 1.12 bits per heavy atom. The molecule has 3 rings (SSSR count). The van der Waals surface area contributed by atoms with Crippen molar-refractivity contribution in [2.75, 3.05) is 18.0 Å². The summed E-state index contributed by atoms with van der Waals surface area (Å²) in [7, 11) is 0. The Balaban J connectivity index is 1.50. The van der Waals surface area contributed by atoms with Crippen molar-refractivity contribution in [3.05, 3.63) is 59.5 Å². The number of hydrogen-bond acceptors (Lipinski definition) is 3. The van der Waals surface area contributed by atoms with Crippen LogP contribution in [0.1, 0.15) is 24.0 Å². The van der Waals surface area contributed by atoms with E-state index < -0.39 is 11.7 Å². The van der Waals surface area contributed by atoms with E-state index in [1.807, 2.05) is 11.0 Å². The number of benzene rings is 1. The van der Waals surface area contributed by atoms with Gasteiger partial charge in [0.15, 0.2) is 0 Å². The van der Waals surface area contributed by atoms with Crippen LogP contribution in [0.2, 0.25) is 0 Å². The molecule has 3 nitrogen and oxygen atoms in total. The zero-order valence-corrected chi connectivity index (χ0v) is 13.6. The Labute approximate surface area is 143 Å². The van der Waals surface area contributed by atoms with Crippen molar-refractivity contribution < 1.29 is 17.6 Å². The first kappa shape index (κ1) is 17.7. The van der Waals surface area contributed by atoms with Gasteiger partial charge in [-0.25, -0.2) is 9.37 Å². The van der Waals surface area contributed by atoms with Gasteiger partial charge in [-0.3, -0.25) is 0 Å². The van der Waals surface area contributed by atoms with Gasteiger partial charge < -0.3 is 10.2 Å². The highest BCUT2D eigenvalue weighted by Gasteiger charge is 2.31. The molecule has 0 bridgehead atoms. The fourth-order valence-electron chi connectivity index (χ4n) is 2.96. The molecule has 1 aromatic carbocycles. The normalized spacial score (nSPS) is 16.2. The van der Waals surface area contributed by atoms with Gasteiger partial charge in [-0.1, -0.05) is 12.1 Å². The van der Waals surface area contributed by atoms with E-state index in [1.165, 1.54) is 18.2 Å². The molecule has 0 aliphatic carbocycles. The van der Waals surface area contributed by atoms with Crippen LogP contribution in [0.25, 0.3) is 0 Å². The van der Waals surface area contributed by atoms with E-state index in [0.29, 0.717) is 18.4 Å². The molecule has 7 heteroatoms. The zero-order valence-electron chi connectivity index (χ0n) is 13.6. The molecule has 1 N–H and O–H groups in total. The molecule has 1 saturated heterocycles. The van der Waals surface area contributed by atoms with Gasteiger partial charge in [0, 0.05) is 31.9 Å². The Morgan fingerprint density at radius 3 is 2.48 bits per heavy atom. The minimum atomic E-state index is -4.36. The summed E-state index contributed by atoms with van der Waals surface area (Å²) in [5.74, 6) is 0.319. The number of piperidine rings is 1. The lowest BCUT2D eigenvalue weighted by Gasteiger charge is -2.33. The lowest BCUT2D eigenvalue weighted by atomic mass is 10.0. The second kappa shape index (κ2) is 7.39. The van der Waals surface area contributed by atoms with E-state index in [4.69, 9.17) is 0 Å². The average Bonchev–Trinajstić information content (AvgIpc) is 2.60. The van der Waals surface area contributed by atoms with Crippen LogP contribution in [-0.4, -0.2) is 24.1 Å². The van der Waals surface area contributed by atoms with Gasteiger partial charge >= 0.3 is 6.18 Å². The molecular weight excluding hydrogens is 334 g/mol. The monoisotopic (exact) mass is 353 g/mol. The minimum absolute atomic E-state index is 0.248. The highest BCUT2D eigenvalue weighted by Crippen LogP contribution is 2.29. The van der Waals surface area contributed by atoms with Gasteiger partial charge in [0.1, 0.15) is 11.6 Å². The molecule has 0 amide bonds. The predicted octanol–water partition coefficient (Wildman–Crippen LogP) is 4.00. The molecule has 1 aliphatic rings. The van der Waals surface area contributed by atoms with Crippen LogP contribution in [0.3, 0.4) is 0 Å². The molecule has 1 aromatic heterocycles. The summed E-state index contributed by atoms with van der Waals surface area (Å²) in [4.78, 5) is 5.93. The highest BCUT2D eigenvalue weighted by atomic mass is 19.4. The molecule has 0 atom stereocenters. The third-order valence-electron chi connectivity index (χ3n) is 4.38. The second-order valence-corrected chi connectivity index (χ2v) is 6.17. The summed E-state index contributed by atoms with van der Waals surface area (Å²) in [6, 6.07) is 9.27. The summed E-state index contributed by atoms with van der Waals surface area (Å²) in [5, 5.41) is 3.40. The summed E-state index contributed by atoms with van der Waals surface area (Å²) in [6.45, 7) is 2.04. The molecule has 0 saturated carbocycles. The molecule has 134 valence electrons. The first-order valence-electron chi connectivity index (χ1n) is 8.18. The molecule has 1 fully saturated rings. The fraction of sp³-hybridized carbons (Fsp3) is 0.389. The van der Waals surface area contributed by atoms with E-state index >= 15 is 0 Å². The summed E-state index contributed by atoms with van der Waals surface area (Å²) in [5.41, 5.74) is 0.162. The first-order chi connectivity index (χ1) is 11.9. The largest absolute Gasteiger partial charge is 0.417 e. The topological polar surface area (TPSA) is 28.2 Å². The van der Waals surface area contributed by atoms with Crippen LogP contribution in [0.5, 0.6) is 0 Å². The summed E-state index contributed by atoms with van der Waals surface area (Å²) in [6.07, 6.45) is -1.76. The molecule has 0 unspecified atom stereocenters. The number of hydrogen-bond donors (Lipinski definition) is 1. The third kappa shape index (κ3) is 4.69. The predicted molar refractivity (Wildman–Crippen MR) is 87.7 cm³/mol. The SMILES string of the molecule is Fc1cccc(CNC2CCN(c3ccc(C(F)(F)F)cn3)CC2)c1. The molecule has 25 heavy (non-hydrogen) atoms. The van der Waals surface area contributed by atoms with E-state index in [1.54, 1.807) is 6.07 Å². The van der Waals surface area contributed by atoms with Gasteiger partial charge in [0.2, 0.25) is 0 Å². The van der Waals surface area contributed by atoms with E-state index in [2.05, 4.69) is 10.3 Å². The van der Waals surface area contributed by atoms with Crippen molar-refractivity contribution in [1.82, 2.24) is 10.3 Å². The van der Waals surface area contributed by atoms with Crippen molar-refractivity contribution in [3.63, 3.8) is 0 Å². The number of anilines is 1. The van der Waals surface area contributed by atoms with Gasteiger partial charge in [-0.2, -0.15) is 13.2 Å². The maximum Gasteiger partial charge on any atom is 0.417 e. The van der Waals surface area contributed by atoms with Crippen molar-refractivity contribution in [2.24, 2.45) is 0 Å². The molecule has 2 aromatic rings. The Bertz CT molecular complexity index is 692. The van der Waals surface area contributed by atoms with Gasteiger partial charge in [0.05, 0.1) is 5.56 Å². The fourth-order valence-corrected chi connectivity index (χ4v) is 2.96. The first-order valence-corrected chi connectivity index (χ1v) is 8.18. The van der Waals surface area contributed by atoms with E-state index in [0.717, 1.165) is 43.8 Å². The molecule has 0 spiro atoms. The van der Waals surface area contributed by atoms with E-state index in [-0.39, 0.29) is 5.82 Å². The van der Waals surface area contributed by atoms with E-state index in [9.17, 15) is 17.6 Å². The maximum absolute atomic E-state index is 13.2. The van der Waals surface area contributed by atoms with Crippen molar-refractivity contribution in [2.45, 2.75) is 31.6 Å². The number of pyridine rings is 1. The van der Waals surface area contributed by atoms with Crippen LogP contribution in [-0.2, 0) is 12.7 Å². The average molecular weight is 353 g/mol. The van der Waals surface area contributed by atoms with Crippen LogP contribution in [0.4, 0.5) is 23.4 Å². The second-order valence-electron chi connectivity index (χ2n) is 6.17. The smallest absolute Gasteiger partial charge is 0.357 e. The third-order valence-corrected chi connectivity index (χ3v) is 4.38. The minimum Gasteiger partial charge on any atom is -0.357 e. The Morgan fingerprint density at radius 2 is 1.88 bits per heavy atom. The number of nitrogens with one attached hydrogen (secondary N) is 1. The molecule has 0 radical (unpaired) electrons. The lowest BCUT2D eigenvalue weighted by Crippen LogP contribution is -2.42. The van der Waals surface area contributed by atoms with Crippen molar-refractivity contribution in [1.29, 1.82) is 0 Å². The molecule has 1 aliphatic heterocycles. The van der Waals surface area contributed by atoms with Crippen LogP contribution in [0.15, 0.2) is 42.6 Å². The molecule has 2 heterocycles. The number of rotatable bonds is 4. The van der Waals surface area contributed by atoms with Gasteiger partial charge in [-0.15, -0.1) is 0 Å². The summed E-state index contributed by atoms with van der Waals surface area (Å²) < 4.78 is 50.9. The zero-order chi connectivity index (χ0) is 17.9. The van der Waals surface area contributed by atoms with Crippen molar-refractivity contribution >= 4 is 5.82 Å². The van der Waals surface area contributed by atoms with Crippen LogP contribution >= 0.6 is 0 Å². The van der Waals surface area contributed by atoms with Crippen LogP contribution < -0.4 is 10.2 Å². The van der Waals surface area contributed by atoms with Crippen LogP contribution in [0, 0.1) is 5.82 Å². The maximum atomic E-state index is 13.2. The number of aromatic nitrogens is 1. The molecular formula is C18H19F4N3. The summed E-state index contributed by atoms with van der Waals surface area (Å²) >= 11 is 0. The number of nitrogens with zero attached hydrogens (tertiary/aromatic N) is 2. The standard InChI is InChI=1S/C18H19F4N3/c19-15-3-1-2-13(10-15)11-23-16-6-8-25(9-7-16)17-5-4-14(12-24-17)18(20,21)22/h1-5,10,12,16,23H,6-9,11H2. The number of alkyl halides is 3. The quantitative estimate of drug-likeness (QED) is 0.842.